The number of benzene rings is 1. The van der Waals surface area contributed by atoms with Gasteiger partial charge in [-0.1, -0.05) is 52.5 Å². The van der Waals surface area contributed by atoms with Crippen LogP contribution in [0.3, 0.4) is 0 Å². The van der Waals surface area contributed by atoms with E-state index in [1.165, 1.54) is 29.1 Å². The minimum Gasteiger partial charge on any atom is -0.352 e. The molecule has 0 saturated carbocycles. The summed E-state index contributed by atoms with van der Waals surface area (Å²) in [4.78, 5) is 25.1. The molecule has 0 spiro atoms. The van der Waals surface area contributed by atoms with Gasteiger partial charge in [-0.05, 0) is 32.1 Å². The predicted octanol–water partition coefficient (Wildman–Crippen LogP) is 5.46. The van der Waals surface area contributed by atoms with Crippen molar-refractivity contribution < 1.29 is 9.59 Å². The first-order valence-electron chi connectivity index (χ1n) is 8.10. The molecule has 2 rings (SSSR count). The Morgan fingerprint density at radius 3 is 2.54 bits per heavy atom. The molecule has 0 bridgehead atoms. The number of rotatable bonds is 6. The Labute approximate surface area is 182 Å². The van der Waals surface area contributed by atoms with Crippen LogP contribution in [0.1, 0.15) is 34.7 Å². The lowest BCUT2D eigenvalue weighted by molar-refractivity contribution is 0.0956. The number of allylic oxidation sites excluding steroid dienone is 3. The molecule has 10 heteroatoms. The number of anilines is 1. The van der Waals surface area contributed by atoms with E-state index in [-0.39, 0.29) is 32.1 Å². The number of nitrogens with zero attached hydrogens (tertiary/aromatic N) is 2. The van der Waals surface area contributed by atoms with E-state index in [2.05, 4.69) is 15.7 Å². The smallest absolute Gasteiger partial charge is 0.274 e. The number of hydrogen-bond donors (Lipinski definition) is 2. The molecule has 1 aromatic carbocycles. The van der Waals surface area contributed by atoms with Gasteiger partial charge < -0.3 is 10.6 Å². The molecule has 6 nitrogen and oxygen atoms in total. The third kappa shape index (κ3) is 5.52. The number of carbonyl (C=O) groups excluding carboxylic acids is 2. The van der Waals surface area contributed by atoms with Gasteiger partial charge in [0.15, 0.2) is 5.15 Å². The number of carbonyl (C=O) groups is 2. The van der Waals surface area contributed by atoms with E-state index in [0.29, 0.717) is 11.6 Å². The van der Waals surface area contributed by atoms with Gasteiger partial charge in [0.25, 0.3) is 11.8 Å². The van der Waals surface area contributed by atoms with Crippen molar-refractivity contribution in [2.75, 3.05) is 11.9 Å². The molecule has 0 aliphatic carbocycles. The molecule has 1 heterocycles. The number of nitrogens with one attached hydrogen (secondary N) is 2. The molecule has 0 fully saturated rings. The monoisotopic (exact) mass is 460 g/mol. The summed E-state index contributed by atoms with van der Waals surface area (Å²) in [6.07, 6.45) is 4.79. The van der Waals surface area contributed by atoms with E-state index in [1.54, 1.807) is 26.0 Å². The highest BCUT2D eigenvalue weighted by Crippen LogP contribution is 2.31. The summed E-state index contributed by atoms with van der Waals surface area (Å²) < 4.78 is 1.23. The molecule has 0 unspecified atom stereocenters. The van der Waals surface area contributed by atoms with Crippen LogP contribution in [0, 0.1) is 0 Å². The predicted molar refractivity (Wildman–Crippen MR) is 115 cm³/mol. The molecule has 0 atom stereocenters. The Morgan fingerprint density at radius 2 is 1.89 bits per heavy atom. The Balaban J connectivity index is 2.44. The largest absolute Gasteiger partial charge is 0.352 e. The van der Waals surface area contributed by atoms with Crippen molar-refractivity contribution in [1.29, 1.82) is 0 Å². The van der Waals surface area contributed by atoms with Crippen LogP contribution in [0.2, 0.25) is 15.2 Å². The zero-order chi connectivity index (χ0) is 20.8. The summed E-state index contributed by atoms with van der Waals surface area (Å²) in [7, 11) is 0. The van der Waals surface area contributed by atoms with Gasteiger partial charge in [0.1, 0.15) is 5.69 Å². The first-order valence-corrected chi connectivity index (χ1v) is 9.61. The van der Waals surface area contributed by atoms with Crippen molar-refractivity contribution in [3.63, 3.8) is 0 Å². The van der Waals surface area contributed by atoms with Gasteiger partial charge in [0, 0.05) is 23.8 Å². The van der Waals surface area contributed by atoms with Crippen molar-refractivity contribution in [3.8, 4) is 0 Å². The lowest BCUT2D eigenvalue weighted by Gasteiger charge is -2.13. The topological polar surface area (TPSA) is 76.0 Å². The SMILES string of the molecule is C/C=C\C(Cl)=C\n1nc(Cl)cc1C(=O)Nc1c(Cl)cc(Cl)cc1C(=O)NCC. The minimum absolute atomic E-state index is 0.0949. The highest BCUT2D eigenvalue weighted by molar-refractivity contribution is 6.38. The first kappa shape index (κ1) is 22.3. The summed E-state index contributed by atoms with van der Waals surface area (Å²) in [5.74, 6) is -1.01. The number of amides is 2. The first-order chi connectivity index (χ1) is 13.3. The molecular formula is C18H16Cl4N4O2. The van der Waals surface area contributed by atoms with Crippen LogP contribution in [-0.4, -0.2) is 28.1 Å². The standard InChI is InChI=1S/C18H16Cl4N4O2/c1-3-5-10(19)9-26-14(8-15(22)25-26)18(28)24-16-12(17(27)23-4-2)6-11(20)7-13(16)21/h3,5-9H,4H2,1-2H3,(H,23,27)(H,24,28)/b5-3-,10-9-. The maximum Gasteiger partial charge on any atom is 0.274 e. The molecule has 0 aliphatic heterocycles. The molecule has 2 N–H and O–H groups in total. The quantitative estimate of drug-likeness (QED) is 0.560. The summed E-state index contributed by atoms with van der Waals surface area (Å²) >= 11 is 24.2. The zero-order valence-electron chi connectivity index (χ0n) is 14.9. The highest BCUT2D eigenvalue weighted by atomic mass is 35.5. The van der Waals surface area contributed by atoms with E-state index < -0.39 is 11.8 Å². The molecule has 0 radical (unpaired) electrons. The second-order valence-corrected chi connectivity index (χ2v) is 7.10. The molecule has 1 aromatic heterocycles. The van der Waals surface area contributed by atoms with Crippen LogP contribution < -0.4 is 10.6 Å². The molecule has 148 valence electrons. The van der Waals surface area contributed by atoms with Gasteiger partial charge in [-0.2, -0.15) is 5.10 Å². The summed E-state index contributed by atoms with van der Waals surface area (Å²) in [6.45, 7) is 3.96. The van der Waals surface area contributed by atoms with Gasteiger partial charge in [-0.3, -0.25) is 9.59 Å². The average Bonchev–Trinajstić information content (AvgIpc) is 2.97. The number of hydrogen-bond acceptors (Lipinski definition) is 3. The van der Waals surface area contributed by atoms with Gasteiger partial charge in [0.05, 0.1) is 21.3 Å². The van der Waals surface area contributed by atoms with E-state index >= 15 is 0 Å². The Bertz CT molecular complexity index is 967. The van der Waals surface area contributed by atoms with Gasteiger partial charge in [0.2, 0.25) is 0 Å². The van der Waals surface area contributed by atoms with Crippen molar-refractivity contribution in [3.05, 3.63) is 61.8 Å². The fraction of sp³-hybridized carbons (Fsp3) is 0.167. The van der Waals surface area contributed by atoms with Crippen molar-refractivity contribution in [2.45, 2.75) is 13.8 Å². The Hall–Kier alpha value is -1.99. The molecule has 0 saturated heterocycles. The van der Waals surface area contributed by atoms with E-state index in [4.69, 9.17) is 46.4 Å². The third-order valence-electron chi connectivity index (χ3n) is 3.39. The van der Waals surface area contributed by atoms with Crippen LogP contribution in [0.25, 0.3) is 6.20 Å². The average molecular weight is 462 g/mol. The molecule has 2 aromatic rings. The second kappa shape index (κ2) is 9.98. The van der Waals surface area contributed by atoms with Crippen molar-refractivity contribution >= 4 is 70.1 Å². The van der Waals surface area contributed by atoms with Gasteiger partial charge in [-0.25, -0.2) is 4.68 Å². The fourth-order valence-corrected chi connectivity index (χ4v) is 3.21. The molecular weight excluding hydrogens is 446 g/mol. The van der Waals surface area contributed by atoms with E-state index in [1.807, 2.05) is 0 Å². The third-order valence-corrected chi connectivity index (χ3v) is 4.31. The van der Waals surface area contributed by atoms with Crippen LogP contribution in [0.5, 0.6) is 0 Å². The molecule has 2 amide bonds. The summed E-state index contributed by atoms with van der Waals surface area (Å²) in [5.41, 5.74) is 0.349. The second-order valence-electron chi connectivity index (χ2n) is 5.43. The van der Waals surface area contributed by atoms with Gasteiger partial charge >= 0.3 is 0 Å². The van der Waals surface area contributed by atoms with E-state index in [0.717, 1.165) is 0 Å². The highest BCUT2D eigenvalue weighted by Gasteiger charge is 2.21. The molecule has 28 heavy (non-hydrogen) atoms. The summed E-state index contributed by atoms with van der Waals surface area (Å²) in [6, 6.07) is 4.21. The lowest BCUT2D eigenvalue weighted by atomic mass is 10.1. The normalized spacial score (nSPS) is 11.7. The van der Waals surface area contributed by atoms with Crippen LogP contribution in [0.15, 0.2) is 35.4 Å². The fourth-order valence-electron chi connectivity index (χ4n) is 2.26. The number of aromatic nitrogens is 2. The lowest BCUT2D eigenvalue weighted by Crippen LogP contribution is -2.25. The van der Waals surface area contributed by atoms with Crippen LogP contribution >= 0.6 is 46.4 Å². The zero-order valence-corrected chi connectivity index (χ0v) is 17.9. The molecule has 0 aliphatic rings. The van der Waals surface area contributed by atoms with Gasteiger partial charge in [-0.15, -0.1) is 0 Å². The Kier molecular flexibility index (Phi) is 7.95. The minimum atomic E-state index is -0.588. The van der Waals surface area contributed by atoms with Crippen LogP contribution in [0.4, 0.5) is 5.69 Å². The maximum absolute atomic E-state index is 12.8. The van der Waals surface area contributed by atoms with E-state index in [9.17, 15) is 9.59 Å². The maximum atomic E-state index is 12.8. The Morgan fingerprint density at radius 1 is 1.18 bits per heavy atom. The van der Waals surface area contributed by atoms with Crippen molar-refractivity contribution in [1.82, 2.24) is 15.1 Å². The van der Waals surface area contributed by atoms with Crippen molar-refractivity contribution in [2.24, 2.45) is 0 Å². The number of halogens is 4. The summed E-state index contributed by atoms with van der Waals surface area (Å²) in [5, 5.41) is 10.1. The van der Waals surface area contributed by atoms with Crippen LogP contribution in [-0.2, 0) is 0 Å².